The number of ether oxygens (including phenoxy) is 2. The highest BCUT2D eigenvalue weighted by Crippen LogP contribution is 2.23. The molecule has 2 aromatic carbocycles. The Hall–Kier alpha value is -2.53. The molecule has 0 bridgehead atoms. The average molecular weight is 342 g/mol. The van der Waals surface area contributed by atoms with E-state index in [4.69, 9.17) is 9.47 Å². The van der Waals surface area contributed by atoms with Gasteiger partial charge in [0.15, 0.2) is 0 Å². The van der Waals surface area contributed by atoms with Gasteiger partial charge in [-0.25, -0.2) is 0 Å². The molecule has 2 aromatic rings. The van der Waals surface area contributed by atoms with E-state index in [1.165, 1.54) is 0 Å². The van der Waals surface area contributed by atoms with Gasteiger partial charge in [-0.05, 0) is 56.2 Å². The SMILES string of the molecule is CCOCCOc1ccccc1NCC(=O)Nc1cc(C)cc(C)c1. The zero-order valence-corrected chi connectivity index (χ0v) is 15.1. The number of carbonyl (C=O) groups excluding carboxylic acids is 1. The Labute approximate surface area is 149 Å². The maximum atomic E-state index is 12.2. The fraction of sp³-hybridized carbons (Fsp3) is 0.350. The van der Waals surface area contributed by atoms with E-state index >= 15 is 0 Å². The molecular formula is C20H26N2O3. The summed E-state index contributed by atoms with van der Waals surface area (Å²) in [6, 6.07) is 13.5. The first-order valence-electron chi connectivity index (χ1n) is 8.50. The second-order valence-corrected chi connectivity index (χ2v) is 5.82. The van der Waals surface area contributed by atoms with Gasteiger partial charge in [-0.15, -0.1) is 0 Å². The van der Waals surface area contributed by atoms with E-state index in [1.807, 2.05) is 57.2 Å². The molecule has 0 fully saturated rings. The third kappa shape index (κ3) is 6.47. The van der Waals surface area contributed by atoms with Gasteiger partial charge in [0.25, 0.3) is 0 Å². The minimum Gasteiger partial charge on any atom is -0.489 e. The zero-order valence-electron chi connectivity index (χ0n) is 15.1. The van der Waals surface area contributed by atoms with Crippen LogP contribution in [0, 0.1) is 13.8 Å². The molecule has 0 saturated heterocycles. The minimum absolute atomic E-state index is 0.103. The van der Waals surface area contributed by atoms with Gasteiger partial charge < -0.3 is 20.1 Å². The minimum atomic E-state index is -0.103. The normalized spacial score (nSPS) is 10.4. The lowest BCUT2D eigenvalue weighted by molar-refractivity contribution is -0.114. The van der Waals surface area contributed by atoms with Crippen molar-refractivity contribution in [3.8, 4) is 5.75 Å². The first-order valence-corrected chi connectivity index (χ1v) is 8.50. The number of amides is 1. The first-order chi connectivity index (χ1) is 12.1. The van der Waals surface area contributed by atoms with E-state index in [9.17, 15) is 4.79 Å². The summed E-state index contributed by atoms with van der Waals surface area (Å²) in [6.45, 7) is 7.82. The highest BCUT2D eigenvalue weighted by molar-refractivity contribution is 5.94. The number of anilines is 2. The molecule has 5 heteroatoms. The Balaban J connectivity index is 1.88. The standard InChI is InChI=1S/C20H26N2O3/c1-4-24-9-10-25-19-8-6-5-7-18(19)21-14-20(23)22-17-12-15(2)11-16(3)13-17/h5-8,11-13,21H,4,9-10,14H2,1-3H3,(H,22,23). The van der Waals surface area contributed by atoms with Crippen LogP contribution >= 0.6 is 0 Å². The number of hydrogen-bond donors (Lipinski definition) is 2. The molecule has 0 aliphatic heterocycles. The van der Waals surface area contributed by atoms with Crippen LogP contribution in [0.5, 0.6) is 5.75 Å². The molecule has 0 unspecified atom stereocenters. The van der Waals surface area contributed by atoms with Crippen LogP contribution in [0.2, 0.25) is 0 Å². The van der Waals surface area contributed by atoms with Crippen LogP contribution in [0.4, 0.5) is 11.4 Å². The van der Waals surface area contributed by atoms with Crippen molar-refractivity contribution in [1.29, 1.82) is 0 Å². The summed E-state index contributed by atoms with van der Waals surface area (Å²) in [5.41, 5.74) is 3.84. The fourth-order valence-corrected chi connectivity index (χ4v) is 2.52. The Bertz CT molecular complexity index is 681. The maximum absolute atomic E-state index is 12.2. The quantitative estimate of drug-likeness (QED) is 0.681. The molecule has 2 N–H and O–H groups in total. The van der Waals surface area contributed by atoms with Crippen molar-refractivity contribution in [3.05, 3.63) is 53.6 Å². The molecular weight excluding hydrogens is 316 g/mol. The number of para-hydroxylation sites is 2. The van der Waals surface area contributed by atoms with E-state index < -0.39 is 0 Å². The Morgan fingerprint density at radius 1 is 1.04 bits per heavy atom. The predicted molar refractivity (Wildman–Crippen MR) is 101 cm³/mol. The zero-order chi connectivity index (χ0) is 18.1. The van der Waals surface area contributed by atoms with Gasteiger partial charge in [0, 0.05) is 12.3 Å². The molecule has 2 rings (SSSR count). The van der Waals surface area contributed by atoms with Crippen molar-refractivity contribution >= 4 is 17.3 Å². The molecule has 0 aromatic heterocycles. The van der Waals surface area contributed by atoms with Crippen LogP contribution in [-0.2, 0) is 9.53 Å². The van der Waals surface area contributed by atoms with Crippen LogP contribution < -0.4 is 15.4 Å². The lowest BCUT2D eigenvalue weighted by Crippen LogP contribution is -2.22. The number of rotatable bonds is 9. The number of aryl methyl sites for hydroxylation is 2. The van der Waals surface area contributed by atoms with Crippen LogP contribution in [0.15, 0.2) is 42.5 Å². The monoisotopic (exact) mass is 342 g/mol. The van der Waals surface area contributed by atoms with Gasteiger partial charge in [-0.2, -0.15) is 0 Å². The van der Waals surface area contributed by atoms with Crippen LogP contribution in [-0.4, -0.2) is 32.3 Å². The van der Waals surface area contributed by atoms with E-state index in [-0.39, 0.29) is 12.5 Å². The smallest absolute Gasteiger partial charge is 0.243 e. The predicted octanol–water partition coefficient (Wildman–Crippen LogP) is 3.77. The fourth-order valence-electron chi connectivity index (χ4n) is 2.52. The highest BCUT2D eigenvalue weighted by atomic mass is 16.5. The maximum Gasteiger partial charge on any atom is 0.243 e. The van der Waals surface area contributed by atoms with E-state index in [2.05, 4.69) is 16.7 Å². The van der Waals surface area contributed by atoms with Crippen molar-refractivity contribution in [2.24, 2.45) is 0 Å². The van der Waals surface area contributed by atoms with Gasteiger partial charge in [0.1, 0.15) is 12.4 Å². The summed E-state index contributed by atoms with van der Waals surface area (Å²) >= 11 is 0. The molecule has 5 nitrogen and oxygen atoms in total. The summed E-state index contributed by atoms with van der Waals surface area (Å²) in [6.07, 6.45) is 0. The molecule has 0 radical (unpaired) electrons. The summed E-state index contributed by atoms with van der Waals surface area (Å²) in [5.74, 6) is 0.607. The van der Waals surface area contributed by atoms with Gasteiger partial charge in [-0.1, -0.05) is 18.2 Å². The van der Waals surface area contributed by atoms with Crippen LogP contribution in [0.25, 0.3) is 0 Å². The summed E-state index contributed by atoms with van der Waals surface area (Å²) < 4.78 is 11.0. The lowest BCUT2D eigenvalue weighted by atomic mass is 10.1. The van der Waals surface area contributed by atoms with Gasteiger partial charge >= 0.3 is 0 Å². The first kappa shape index (κ1) is 18.8. The second kappa shape index (κ2) is 9.69. The Morgan fingerprint density at radius 3 is 2.48 bits per heavy atom. The number of benzene rings is 2. The summed E-state index contributed by atoms with van der Waals surface area (Å²) in [5, 5.41) is 6.04. The molecule has 0 aliphatic rings. The molecule has 25 heavy (non-hydrogen) atoms. The number of hydrogen-bond acceptors (Lipinski definition) is 4. The summed E-state index contributed by atoms with van der Waals surface area (Å²) in [7, 11) is 0. The van der Waals surface area contributed by atoms with Crippen LogP contribution in [0.3, 0.4) is 0 Å². The van der Waals surface area contributed by atoms with E-state index in [1.54, 1.807) is 0 Å². The molecule has 0 atom stereocenters. The van der Waals surface area contributed by atoms with Crippen molar-refractivity contribution in [2.75, 3.05) is 37.0 Å². The molecule has 0 spiro atoms. The summed E-state index contributed by atoms with van der Waals surface area (Å²) in [4.78, 5) is 12.2. The third-order valence-electron chi connectivity index (χ3n) is 3.52. The van der Waals surface area contributed by atoms with Gasteiger partial charge in [0.05, 0.1) is 18.8 Å². The Kier molecular flexibility index (Phi) is 7.29. The van der Waals surface area contributed by atoms with Gasteiger partial charge in [0.2, 0.25) is 5.91 Å². The molecule has 0 heterocycles. The van der Waals surface area contributed by atoms with E-state index in [0.29, 0.717) is 25.6 Å². The number of carbonyl (C=O) groups is 1. The largest absolute Gasteiger partial charge is 0.489 e. The van der Waals surface area contributed by atoms with Gasteiger partial charge in [-0.3, -0.25) is 4.79 Å². The van der Waals surface area contributed by atoms with Crippen molar-refractivity contribution in [2.45, 2.75) is 20.8 Å². The molecule has 0 saturated carbocycles. The average Bonchev–Trinajstić information content (AvgIpc) is 2.57. The highest BCUT2D eigenvalue weighted by Gasteiger charge is 2.07. The topological polar surface area (TPSA) is 59.6 Å². The van der Waals surface area contributed by atoms with Crippen molar-refractivity contribution in [1.82, 2.24) is 0 Å². The van der Waals surface area contributed by atoms with E-state index in [0.717, 1.165) is 22.5 Å². The Morgan fingerprint density at radius 2 is 1.76 bits per heavy atom. The lowest BCUT2D eigenvalue weighted by Gasteiger charge is -2.13. The third-order valence-corrected chi connectivity index (χ3v) is 3.52. The van der Waals surface area contributed by atoms with Crippen molar-refractivity contribution in [3.63, 3.8) is 0 Å². The second-order valence-electron chi connectivity index (χ2n) is 5.82. The number of nitrogens with one attached hydrogen (secondary N) is 2. The molecule has 0 aliphatic carbocycles. The van der Waals surface area contributed by atoms with Crippen LogP contribution in [0.1, 0.15) is 18.1 Å². The molecule has 134 valence electrons. The van der Waals surface area contributed by atoms with Crippen molar-refractivity contribution < 1.29 is 14.3 Å². The molecule has 1 amide bonds.